The molecule has 2 aromatic carbocycles. The summed E-state index contributed by atoms with van der Waals surface area (Å²) in [4.78, 5) is 12.7. The van der Waals surface area contributed by atoms with Gasteiger partial charge in [-0.15, -0.1) is 0 Å². The Labute approximate surface area is 191 Å². The first-order valence-electron chi connectivity index (χ1n) is 9.64. The molecule has 1 aliphatic rings. The molecule has 1 amide bonds. The zero-order valence-electron chi connectivity index (χ0n) is 17.2. The fourth-order valence-corrected chi connectivity index (χ4v) is 4.68. The Kier molecular flexibility index (Phi) is 6.97. The van der Waals surface area contributed by atoms with Crippen LogP contribution in [-0.4, -0.2) is 51.9 Å². The number of rotatable bonds is 5. The van der Waals surface area contributed by atoms with Gasteiger partial charge in [0, 0.05) is 37.4 Å². The van der Waals surface area contributed by atoms with Crippen molar-refractivity contribution < 1.29 is 44.8 Å². The van der Waals surface area contributed by atoms with Crippen LogP contribution in [0.15, 0.2) is 47.4 Å². The summed E-state index contributed by atoms with van der Waals surface area (Å²) >= 11 is 0. The number of benzene rings is 2. The normalized spacial score (nSPS) is 18.4. The highest BCUT2D eigenvalue weighted by atomic mass is 32.2. The first kappa shape index (κ1) is 25.9. The molecular weight excluding hydrogens is 495 g/mol. The molecule has 2 unspecified atom stereocenters. The Hall–Kier alpha value is -2.71. The maximum Gasteiger partial charge on any atom is 0.430 e. The lowest BCUT2D eigenvalue weighted by atomic mass is 9.92. The van der Waals surface area contributed by atoms with Crippen LogP contribution in [0.2, 0.25) is 0 Å². The molecule has 1 aliphatic heterocycles. The lowest BCUT2D eigenvalue weighted by molar-refractivity contribution is -0.255. The summed E-state index contributed by atoms with van der Waals surface area (Å²) in [7, 11) is -1.89. The van der Waals surface area contributed by atoms with E-state index in [2.05, 4.69) is 0 Å². The number of nitrogens with zero attached hydrogens (tertiary/aromatic N) is 2. The summed E-state index contributed by atoms with van der Waals surface area (Å²) in [6.45, 7) is 0.121. The number of amides is 1. The van der Waals surface area contributed by atoms with Crippen LogP contribution < -0.4 is 10.6 Å². The average Bonchev–Trinajstić information content (AvgIpc) is 2.77. The van der Waals surface area contributed by atoms with Crippen LogP contribution in [0, 0.1) is 5.82 Å². The van der Waals surface area contributed by atoms with Crippen molar-refractivity contribution in [2.75, 3.05) is 31.1 Å². The molecule has 3 N–H and O–H groups in total. The molecular formula is C20H18F7N3O3S. The minimum atomic E-state index is -5.38. The summed E-state index contributed by atoms with van der Waals surface area (Å²) in [6.07, 6.45) is -10.2. The van der Waals surface area contributed by atoms with Crippen LogP contribution in [0.4, 0.5) is 36.4 Å². The highest BCUT2D eigenvalue weighted by Gasteiger charge is 2.59. The molecule has 186 valence electrons. The van der Waals surface area contributed by atoms with E-state index < -0.39 is 51.8 Å². The van der Waals surface area contributed by atoms with E-state index in [9.17, 15) is 44.8 Å². The Morgan fingerprint density at radius 3 is 1.97 bits per heavy atom. The Morgan fingerprint density at radius 1 is 0.941 bits per heavy atom. The summed E-state index contributed by atoms with van der Waals surface area (Å²) in [5, 5.41) is 9.81. The molecule has 3 rings (SSSR count). The molecule has 2 atom stereocenters. The third kappa shape index (κ3) is 4.88. The third-order valence-electron chi connectivity index (χ3n) is 5.32. The van der Waals surface area contributed by atoms with Crippen molar-refractivity contribution in [3.8, 4) is 0 Å². The lowest BCUT2D eigenvalue weighted by Crippen LogP contribution is -2.52. The molecule has 1 saturated heterocycles. The molecule has 0 aromatic heterocycles. The SMILES string of the molecule is NC(=O)C(O)(c1ccc(S(=O)N2CCN(c3ccc(F)cc3C(F)(F)F)CC2)cc1)C(F)(F)F. The van der Waals surface area contributed by atoms with Crippen molar-refractivity contribution in [3.05, 3.63) is 59.4 Å². The quantitative estimate of drug-likeness (QED) is 0.603. The van der Waals surface area contributed by atoms with E-state index in [-0.39, 0.29) is 36.8 Å². The zero-order chi connectivity index (χ0) is 25.5. The van der Waals surface area contributed by atoms with Gasteiger partial charge in [0.15, 0.2) is 0 Å². The molecule has 0 aliphatic carbocycles. The van der Waals surface area contributed by atoms with Crippen LogP contribution in [-0.2, 0) is 27.6 Å². The zero-order valence-corrected chi connectivity index (χ0v) is 18.0. The van der Waals surface area contributed by atoms with E-state index in [1.807, 2.05) is 0 Å². The highest BCUT2D eigenvalue weighted by molar-refractivity contribution is 7.82. The monoisotopic (exact) mass is 513 g/mol. The van der Waals surface area contributed by atoms with E-state index in [0.29, 0.717) is 6.07 Å². The number of halogens is 7. The summed E-state index contributed by atoms with van der Waals surface area (Å²) < 4.78 is 107. The van der Waals surface area contributed by atoms with Gasteiger partial charge in [-0.05, 0) is 30.3 Å². The second-order valence-electron chi connectivity index (χ2n) is 7.42. The summed E-state index contributed by atoms with van der Waals surface area (Å²) in [6, 6.07) is 5.93. The number of piperazine rings is 1. The number of carbonyl (C=O) groups is 1. The van der Waals surface area contributed by atoms with Crippen molar-refractivity contribution in [3.63, 3.8) is 0 Å². The maximum atomic E-state index is 13.3. The molecule has 0 radical (unpaired) electrons. The number of anilines is 1. The number of alkyl halides is 6. The third-order valence-corrected chi connectivity index (χ3v) is 6.83. The molecule has 1 fully saturated rings. The average molecular weight is 513 g/mol. The number of hydrogen-bond acceptors (Lipinski definition) is 4. The topological polar surface area (TPSA) is 86.9 Å². The van der Waals surface area contributed by atoms with Gasteiger partial charge >= 0.3 is 12.4 Å². The molecule has 14 heteroatoms. The van der Waals surface area contributed by atoms with Crippen LogP contribution in [0.1, 0.15) is 11.1 Å². The smallest absolute Gasteiger partial charge is 0.369 e. The summed E-state index contributed by atoms with van der Waals surface area (Å²) in [5.41, 5.74) is -1.40. The molecule has 34 heavy (non-hydrogen) atoms. The standard InChI is InChI=1S/C20H18F7N3O3S/c21-13-3-6-16(15(11-13)19(22,23)24)29-7-9-30(10-8-29)34(33)14-4-1-12(2-5-14)18(32,17(28)31)20(25,26)27/h1-6,11,32H,7-10H2,(H2,28,31). The fourth-order valence-electron chi connectivity index (χ4n) is 3.51. The molecule has 0 spiro atoms. The maximum absolute atomic E-state index is 13.3. The van der Waals surface area contributed by atoms with Gasteiger partial charge < -0.3 is 15.7 Å². The second kappa shape index (κ2) is 9.15. The van der Waals surface area contributed by atoms with E-state index in [4.69, 9.17) is 5.73 Å². The second-order valence-corrected chi connectivity index (χ2v) is 8.91. The van der Waals surface area contributed by atoms with Gasteiger partial charge in [-0.1, -0.05) is 12.1 Å². The van der Waals surface area contributed by atoms with Crippen molar-refractivity contribution in [2.24, 2.45) is 5.73 Å². The van der Waals surface area contributed by atoms with E-state index >= 15 is 0 Å². The predicted octanol–water partition coefficient (Wildman–Crippen LogP) is 2.92. The number of aliphatic hydroxyl groups is 1. The van der Waals surface area contributed by atoms with Crippen molar-refractivity contribution in [1.29, 1.82) is 0 Å². The number of primary amides is 1. The van der Waals surface area contributed by atoms with Crippen LogP contribution in [0.5, 0.6) is 0 Å². The Morgan fingerprint density at radius 2 is 1.50 bits per heavy atom. The Balaban J connectivity index is 1.74. The van der Waals surface area contributed by atoms with Gasteiger partial charge in [-0.3, -0.25) is 4.79 Å². The molecule has 0 bridgehead atoms. The fraction of sp³-hybridized carbons (Fsp3) is 0.350. The first-order valence-corrected chi connectivity index (χ1v) is 10.7. The molecule has 6 nitrogen and oxygen atoms in total. The van der Waals surface area contributed by atoms with Gasteiger partial charge in [0.1, 0.15) is 16.8 Å². The predicted molar refractivity (Wildman–Crippen MR) is 107 cm³/mol. The lowest BCUT2D eigenvalue weighted by Gasteiger charge is -2.36. The van der Waals surface area contributed by atoms with E-state index in [0.717, 1.165) is 36.4 Å². The minimum absolute atomic E-state index is 0.0219. The van der Waals surface area contributed by atoms with Gasteiger partial charge in [0.25, 0.3) is 11.5 Å². The van der Waals surface area contributed by atoms with Gasteiger partial charge in [0.2, 0.25) is 0 Å². The van der Waals surface area contributed by atoms with Gasteiger partial charge in [-0.25, -0.2) is 12.9 Å². The van der Waals surface area contributed by atoms with Crippen LogP contribution >= 0.6 is 0 Å². The molecule has 2 aromatic rings. The van der Waals surface area contributed by atoms with E-state index in [1.54, 1.807) is 0 Å². The number of hydrogen-bond donors (Lipinski definition) is 2. The van der Waals surface area contributed by atoms with Crippen molar-refractivity contribution in [1.82, 2.24) is 4.31 Å². The minimum Gasteiger partial charge on any atom is -0.369 e. The number of nitrogens with two attached hydrogens (primary N) is 1. The highest BCUT2D eigenvalue weighted by Crippen LogP contribution is 2.39. The van der Waals surface area contributed by atoms with Gasteiger partial charge in [-0.2, -0.15) is 26.3 Å². The summed E-state index contributed by atoms with van der Waals surface area (Å²) in [5.74, 6) is -3.06. The molecule has 1 heterocycles. The number of carbonyl (C=O) groups excluding carboxylic acids is 1. The first-order chi connectivity index (χ1) is 15.7. The largest absolute Gasteiger partial charge is 0.430 e. The van der Waals surface area contributed by atoms with Crippen molar-refractivity contribution in [2.45, 2.75) is 22.8 Å². The van der Waals surface area contributed by atoms with Crippen molar-refractivity contribution >= 4 is 22.6 Å². The van der Waals surface area contributed by atoms with Crippen LogP contribution in [0.25, 0.3) is 0 Å². The van der Waals surface area contributed by atoms with Gasteiger partial charge in [0.05, 0.1) is 10.5 Å². The van der Waals surface area contributed by atoms with E-state index in [1.165, 1.54) is 9.21 Å². The van der Waals surface area contributed by atoms with Crippen LogP contribution in [0.3, 0.4) is 0 Å². The molecule has 0 saturated carbocycles. The Bertz CT molecular complexity index is 1080.